The quantitative estimate of drug-likeness (QED) is 0.700. The van der Waals surface area contributed by atoms with Gasteiger partial charge in [-0.2, -0.15) is 0 Å². The zero-order chi connectivity index (χ0) is 19.4. The Morgan fingerprint density at radius 2 is 1.86 bits per heavy atom. The van der Waals surface area contributed by atoms with Crippen LogP contribution in [0.1, 0.15) is 42.0 Å². The van der Waals surface area contributed by atoms with Crippen molar-refractivity contribution in [2.24, 2.45) is 5.92 Å². The number of phenols is 1. The Morgan fingerprint density at radius 3 is 2.61 bits per heavy atom. The number of benzene rings is 1. The normalized spacial score (nSPS) is 24.8. The number of hydrogen-bond acceptors (Lipinski definition) is 4. The van der Waals surface area contributed by atoms with Crippen molar-refractivity contribution in [1.29, 1.82) is 0 Å². The van der Waals surface area contributed by atoms with E-state index in [0.717, 1.165) is 39.3 Å². The van der Waals surface area contributed by atoms with Crippen molar-refractivity contribution in [3.63, 3.8) is 0 Å². The summed E-state index contributed by atoms with van der Waals surface area (Å²) in [6, 6.07) is 12.9. The van der Waals surface area contributed by atoms with Crippen LogP contribution in [0.5, 0.6) is 5.75 Å². The number of likely N-dealkylation sites (N-methyl/N-ethyl adjacent to an activating group) is 1. The molecule has 0 radical (unpaired) electrons. The molecule has 2 bridgehead atoms. The number of phenolic OH excluding ortho intramolecular Hbond substituents is 1. The second-order valence-corrected chi connectivity index (χ2v) is 8.75. The molecule has 4 nitrogen and oxygen atoms in total. The van der Waals surface area contributed by atoms with Gasteiger partial charge in [0.15, 0.2) is 5.65 Å². The summed E-state index contributed by atoms with van der Waals surface area (Å²) in [6.07, 6.45) is 3.87. The number of pyridine rings is 2. The van der Waals surface area contributed by atoms with E-state index in [9.17, 15) is 5.11 Å². The first-order chi connectivity index (χ1) is 13.5. The van der Waals surface area contributed by atoms with E-state index in [-0.39, 0.29) is 5.75 Å². The van der Waals surface area contributed by atoms with Gasteiger partial charge in [-0.05, 0) is 87.5 Å². The van der Waals surface area contributed by atoms with Crippen molar-refractivity contribution < 1.29 is 5.11 Å². The largest absolute Gasteiger partial charge is 0.507 e. The van der Waals surface area contributed by atoms with E-state index in [1.165, 1.54) is 31.5 Å². The van der Waals surface area contributed by atoms with Crippen LogP contribution in [0.4, 0.5) is 0 Å². The lowest BCUT2D eigenvalue weighted by atomic mass is 9.71. The smallest absolute Gasteiger partial charge is 0.160 e. The molecule has 4 heterocycles. The highest BCUT2D eigenvalue weighted by molar-refractivity contribution is 5.81. The summed E-state index contributed by atoms with van der Waals surface area (Å²) in [5, 5.41) is 11.5. The topological polar surface area (TPSA) is 49.2 Å². The summed E-state index contributed by atoms with van der Waals surface area (Å²) >= 11 is 0. The predicted molar refractivity (Wildman–Crippen MR) is 113 cm³/mol. The highest BCUT2D eigenvalue weighted by atomic mass is 16.3. The molecule has 2 aliphatic heterocycles. The second kappa shape index (κ2) is 6.56. The van der Waals surface area contributed by atoms with Gasteiger partial charge in [-0.1, -0.05) is 6.07 Å². The minimum Gasteiger partial charge on any atom is -0.507 e. The zero-order valence-corrected chi connectivity index (χ0v) is 16.8. The monoisotopic (exact) mass is 373 g/mol. The summed E-state index contributed by atoms with van der Waals surface area (Å²) in [7, 11) is 2.25. The molecule has 2 saturated heterocycles. The van der Waals surface area contributed by atoms with Crippen LogP contribution < -0.4 is 0 Å². The number of aryl methyl sites for hydroxylation is 2. The van der Waals surface area contributed by atoms with Gasteiger partial charge in [-0.15, -0.1) is 0 Å². The Labute approximate surface area is 166 Å². The Bertz CT molecular complexity index is 1040. The van der Waals surface area contributed by atoms with Gasteiger partial charge >= 0.3 is 0 Å². The number of nitrogens with zero attached hydrogens (tertiary/aromatic N) is 3. The highest BCUT2D eigenvalue weighted by Gasteiger charge is 2.40. The maximum absolute atomic E-state index is 10.5. The molecule has 3 unspecified atom stereocenters. The van der Waals surface area contributed by atoms with Gasteiger partial charge in [0.1, 0.15) is 5.75 Å². The molecule has 3 atom stereocenters. The molecule has 1 N–H and O–H groups in total. The molecule has 3 fully saturated rings. The average Bonchev–Trinajstić information content (AvgIpc) is 2.67. The third kappa shape index (κ3) is 2.87. The molecule has 3 aliphatic rings. The van der Waals surface area contributed by atoms with Gasteiger partial charge in [0.2, 0.25) is 0 Å². The lowest BCUT2D eigenvalue weighted by Crippen LogP contribution is -2.50. The maximum Gasteiger partial charge on any atom is 0.160 e. The molecule has 28 heavy (non-hydrogen) atoms. The molecule has 1 saturated carbocycles. The van der Waals surface area contributed by atoms with Gasteiger partial charge in [0, 0.05) is 35.1 Å². The fraction of sp³-hybridized carbons (Fsp3) is 0.417. The second-order valence-electron chi connectivity index (χ2n) is 8.75. The van der Waals surface area contributed by atoms with Crippen LogP contribution in [0.3, 0.4) is 0 Å². The van der Waals surface area contributed by atoms with Gasteiger partial charge in [-0.3, -0.25) is 0 Å². The molecule has 1 aromatic carbocycles. The third-order valence-corrected chi connectivity index (χ3v) is 6.70. The van der Waals surface area contributed by atoms with Crippen molar-refractivity contribution in [1.82, 2.24) is 14.9 Å². The molecule has 6 rings (SSSR count). The zero-order valence-electron chi connectivity index (χ0n) is 16.8. The molecule has 0 amide bonds. The predicted octanol–water partition coefficient (Wildman–Crippen LogP) is 4.82. The number of piperidine rings is 2. The molecule has 1 aliphatic carbocycles. The van der Waals surface area contributed by atoms with Gasteiger partial charge in [0.25, 0.3) is 0 Å². The van der Waals surface area contributed by atoms with E-state index in [2.05, 4.69) is 36.2 Å². The Hall–Kier alpha value is -2.46. The standard InChI is InChI=1S/C24H27N3O/c1-14-10-15(2)23(22(28)11-14)20-8-6-17-5-7-19(25-24(17)26-20)18-12-16-4-9-21(18)27(3)13-16/h5-8,10-11,16,18,21,28H,4,9,12-13H2,1-3H3. The molecule has 4 heteroatoms. The Kier molecular flexibility index (Phi) is 4.13. The van der Waals surface area contributed by atoms with Crippen LogP contribution in [0.2, 0.25) is 0 Å². The number of aromatic nitrogens is 2. The summed E-state index contributed by atoms with van der Waals surface area (Å²) in [5.74, 6) is 1.58. The minimum absolute atomic E-state index is 0.284. The summed E-state index contributed by atoms with van der Waals surface area (Å²) in [6.45, 7) is 5.24. The first kappa shape index (κ1) is 17.6. The van der Waals surface area contributed by atoms with Gasteiger partial charge < -0.3 is 10.0 Å². The van der Waals surface area contributed by atoms with Gasteiger partial charge in [-0.25, -0.2) is 9.97 Å². The van der Waals surface area contributed by atoms with Crippen molar-refractivity contribution >= 4 is 11.0 Å². The SMILES string of the molecule is Cc1cc(C)c(-c2ccc3ccc(C4CC5CCC4N(C)C5)nc3n2)c(O)c1. The summed E-state index contributed by atoms with van der Waals surface area (Å²) in [5.41, 5.74) is 5.62. The highest BCUT2D eigenvalue weighted by Crippen LogP contribution is 2.43. The first-order valence-corrected chi connectivity index (χ1v) is 10.3. The average molecular weight is 374 g/mol. The van der Waals surface area contributed by atoms with E-state index < -0.39 is 0 Å². The van der Waals surface area contributed by atoms with Crippen molar-refractivity contribution in [3.8, 4) is 17.0 Å². The van der Waals surface area contributed by atoms with Crippen molar-refractivity contribution in [2.75, 3.05) is 13.6 Å². The fourth-order valence-corrected chi connectivity index (χ4v) is 5.43. The molecule has 3 aromatic rings. The number of rotatable bonds is 2. The van der Waals surface area contributed by atoms with Crippen LogP contribution in [0.15, 0.2) is 36.4 Å². The lowest BCUT2D eigenvalue weighted by Gasteiger charge is -2.48. The summed E-state index contributed by atoms with van der Waals surface area (Å²) < 4.78 is 0. The van der Waals surface area contributed by atoms with E-state index >= 15 is 0 Å². The van der Waals surface area contributed by atoms with Crippen molar-refractivity contribution in [2.45, 2.75) is 45.1 Å². The van der Waals surface area contributed by atoms with Gasteiger partial charge in [0.05, 0.1) is 5.69 Å². The number of fused-ring (bicyclic) bond motifs is 4. The Morgan fingerprint density at radius 1 is 1.04 bits per heavy atom. The maximum atomic E-state index is 10.5. The number of hydrogen-bond donors (Lipinski definition) is 1. The Balaban J connectivity index is 1.57. The first-order valence-electron chi connectivity index (χ1n) is 10.3. The molecule has 0 spiro atoms. The van der Waals surface area contributed by atoms with Crippen LogP contribution in [0, 0.1) is 19.8 Å². The number of aromatic hydroxyl groups is 1. The minimum atomic E-state index is 0.284. The van der Waals surface area contributed by atoms with Crippen LogP contribution >= 0.6 is 0 Å². The van der Waals surface area contributed by atoms with E-state index in [0.29, 0.717) is 12.0 Å². The van der Waals surface area contributed by atoms with Crippen molar-refractivity contribution in [3.05, 3.63) is 53.2 Å². The molecular weight excluding hydrogens is 346 g/mol. The lowest BCUT2D eigenvalue weighted by molar-refractivity contribution is 0.0503. The van der Waals surface area contributed by atoms with Crippen LogP contribution in [0.25, 0.3) is 22.3 Å². The van der Waals surface area contributed by atoms with Crippen LogP contribution in [-0.4, -0.2) is 39.6 Å². The molecular formula is C24H27N3O. The van der Waals surface area contributed by atoms with E-state index in [4.69, 9.17) is 9.97 Å². The fourth-order valence-electron chi connectivity index (χ4n) is 5.43. The molecule has 2 aromatic heterocycles. The van der Waals surface area contributed by atoms with Crippen LogP contribution in [-0.2, 0) is 0 Å². The van der Waals surface area contributed by atoms with E-state index in [1.54, 1.807) is 6.07 Å². The molecule has 144 valence electrons. The summed E-state index contributed by atoms with van der Waals surface area (Å²) in [4.78, 5) is 12.4. The third-order valence-electron chi connectivity index (χ3n) is 6.70. The van der Waals surface area contributed by atoms with E-state index in [1.807, 2.05) is 19.9 Å².